The number of hydrogen-bond donors (Lipinski definition) is 2. The maximum absolute atomic E-state index is 11.9. The molecule has 0 saturated carbocycles. The minimum Gasteiger partial charge on any atom is -0.507 e. The van der Waals surface area contributed by atoms with E-state index in [2.05, 4.69) is 21.2 Å². The van der Waals surface area contributed by atoms with Crippen molar-refractivity contribution in [2.75, 3.05) is 5.32 Å². The Kier molecular flexibility index (Phi) is 3.44. The number of carbonyl (C=O) groups is 1. The molecule has 0 fully saturated rings. The highest BCUT2D eigenvalue weighted by Gasteiger charge is 2.11. The fourth-order valence-corrected chi connectivity index (χ4v) is 1.77. The van der Waals surface area contributed by atoms with Crippen LogP contribution in [0.3, 0.4) is 0 Å². The van der Waals surface area contributed by atoms with Gasteiger partial charge in [0.1, 0.15) is 5.75 Å². The molecule has 3 nitrogen and oxygen atoms in total. The van der Waals surface area contributed by atoms with Crippen LogP contribution < -0.4 is 5.32 Å². The average molecular weight is 292 g/mol. The number of amides is 1. The van der Waals surface area contributed by atoms with Crippen LogP contribution in [0.1, 0.15) is 10.4 Å². The molecule has 0 heterocycles. The molecule has 0 aliphatic rings. The lowest BCUT2D eigenvalue weighted by atomic mass is 10.2. The van der Waals surface area contributed by atoms with E-state index in [1.165, 1.54) is 6.07 Å². The van der Waals surface area contributed by atoms with E-state index < -0.39 is 0 Å². The fraction of sp³-hybridized carbons (Fsp3) is 0. The second kappa shape index (κ2) is 5.01. The number of nitrogens with one attached hydrogen (secondary N) is 1. The van der Waals surface area contributed by atoms with Crippen molar-refractivity contribution >= 4 is 27.5 Å². The molecule has 0 spiro atoms. The number of hydrogen-bond acceptors (Lipinski definition) is 2. The molecule has 0 saturated heterocycles. The normalized spacial score (nSPS) is 9.94. The largest absolute Gasteiger partial charge is 0.507 e. The molecule has 2 aromatic rings. The van der Waals surface area contributed by atoms with Gasteiger partial charge in [-0.25, -0.2) is 0 Å². The topological polar surface area (TPSA) is 49.3 Å². The van der Waals surface area contributed by atoms with Crippen LogP contribution in [0.5, 0.6) is 5.75 Å². The standard InChI is InChI=1S/C13H10BrNO2/c14-9-6-7-12(16)11(8-9)13(17)15-10-4-2-1-3-5-10/h1-8,16H,(H,15,17). The molecule has 0 aromatic heterocycles. The lowest BCUT2D eigenvalue weighted by Gasteiger charge is -2.06. The first kappa shape index (κ1) is 11.7. The lowest BCUT2D eigenvalue weighted by Crippen LogP contribution is -2.11. The van der Waals surface area contributed by atoms with Crippen molar-refractivity contribution in [1.29, 1.82) is 0 Å². The van der Waals surface area contributed by atoms with Gasteiger partial charge in [-0.05, 0) is 30.3 Å². The summed E-state index contributed by atoms with van der Waals surface area (Å²) in [6.45, 7) is 0. The number of carbonyl (C=O) groups excluding carboxylic acids is 1. The average Bonchev–Trinajstić information content (AvgIpc) is 2.33. The smallest absolute Gasteiger partial charge is 0.259 e. The Morgan fingerprint density at radius 1 is 1.12 bits per heavy atom. The van der Waals surface area contributed by atoms with Crippen LogP contribution in [0.2, 0.25) is 0 Å². The zero-order chi connectivity index (χ0) is 12.3. The van der Waals surface area contributed by atoms with Gasteiger partial charge in [0.25, 0.3) is 5.91 Å². The number of phenolic OH excluding ortho intramolecular Hbond substituents is 1. The maximum Gasteiger partial charge on any atom is 0.259 e. The fourth-order valence-electron chi connectivity index (χ4n) is 1.41. The van der Waals surface area contributed by atoms with Crippen LogP contribution in [0.4, 0.5) is 5.69 Å². The molecular formula is C13H10BrNO2. The maximum atomic E-state index is 11.9. The van der Waals surface area contributed by atoms with Gasteiger partial charge in [0, 0.05) is 10.2 Å². The zero-order valence-electron chi connectivity index (χ0n) is 8.85. The molecule has 2 rings (SSSR count). The number of aromatic hydroxyl groups is 1. The SMILES string of the molecule is O=C(Nc1ccccc1)c1cc(Br)ccc1O. The number of para-hydroxylation sites is 1. The van der Waals surface area contributed by atoms with E-state index in [0.29, 0.717) is 5.69 Å². The van der Waals surface area contributed by atoms with Crippen LogP contribution in [-0.2, 0) is 0 Å². The minimum atomic E-state index is -0.338. The van der Waals surface area contributed by atoms with Crippen molar-refractivity contribution in [3.05, 3.63) is 58.6 Å². The van der Waals surface area contributed by atoms with E-state index in [-0.39, 0.29) is 17.2 Å². The molecule has 86 valence electrons. The van der Waals surface area contributed by atoms with E-state index in [0.717, 1.165) is 4.47 Å². The van der Waals surface area contributed by atoms with Gasteiger partial charge >= 0.3 is 0 Å². The van der Waals surface area contributed by atoms with Gasteiger partial charge in [-0.1, -0.05) is 34.1 Å². The summed E-state index contributed by atoms with van der Waals surface area (Å²) >= 11 is 3.26. The Morgan fingerprint density at radius 2 is 1.82 bits per heavy atom. The minimum absolute atomic E-state index is 0.0402. The summed E-state index contributed by atoms with van der Waals surface area (Å²) in [4.78, 5) is 11.9. The summed E-state index contributed by atoms with van der Waals surface area (Å²) in [5.74, 6) is -0.378. The molecule has 2 aromatic carbocycles. The third-order valence-electron chi connectivity index (χ3n) is 2.23. The molecule has 0 bridgehead atoms. The summed E-state index contributed by atoms with van der Waals surface area (Å²) < 4.78 is 0.744. The van der Waals surface area contributed by atoms with Crippen LogP contribution in [0.25, 0.3) is 0 Å². The molecule has 2 N–H and O–H groups in total. The van der Waals surface area contributed by atoms with E-state index in [4.69, 9.17) is 0 Å². The quantitative estimate of drug-likeness (QED) is 0.891. The summed E-state index contributed by atoms with van der Waals surface area (Å²) in [7, 11) is 0. The molecule has 0 aliphatic heterocycles. The Balaban J connectivity index is 2.23. The predicted molar refractivity (Wildman–Crippen MR) is 70.2 cm³/mol. The summed E-state index contributed by atoms with van der Waals surface area (Å²) in [6.07, 6.45) is 0. The molecule has 17 heavy (non-hydrogen) atoms. The van der Waals surface area contributed by atoms with E-state index >= 15 is 0 Å². The van der Waals surface area contributed by atoms with E-state index in [9.17, 15) is 9.90 Å². The molecule has 0 aliphatic carbocycles. The lowest BCUT2D eigenvalue weighted by molar-refractivity contribution is 0.102. The Labute approximate surface area is 107 Å². The molecule has 0 unspecified atom stereocenters. The van der Waals surface area contributed by atoms with E-state index in [1.54, 1.807) is 24.3 Å². The van der Waals surface area contributed by atoms with E-state index in [1.807, 2.05) is 18.2 Å². The third-order valence-corrected chi connectivity index (χ3v) is 2.73. The molecule has 4 heteroatoms. The van der Waals surface area contributed by atoms with Gasteiger partial charge in [-0.2, -0.15) is 0 Å². The molecule has 1 amide bonds. The van der Waals surface area contributed by atoms with Crippen molar-refractivity contribution in [2.24, 2.45) is 0 Å². The molecule has 0 radical (unpaired) electrons. The van der Waals surface area contributed by atoms with Gasteiger partial charge in [-0.15, -0.1) is 0 Å². The first-order valence-electron chi connectivity index (χ1n) is 5.02. The van der Waals surface area contributed by atoms with Gasteiger partial charge in [0.2, 0.25) is 0 Å². The monoisotopic (exact) mass is 291 g/mol. The zero-order valence-corrected chi connectivity index (χ0v) is 10.4. The number of phenols is 1. The van der Waals surface area contributed by atoms with Crippen molar-refractivity contribution < 1.29 is 9.90 Å². The Morgan fingerprint density at radius 3 is 2.53 bits per heavy atom. The molecule has 0 atom stereocenters. The van der Waals surface area contributed by atoms with Gasteiger partial charge in [0.05, 0.1) is 5.56 Å². The third kappa shape index (κ3) is 2.85. The summed E-state index contributed by atoms with van der Waals surface area (Å²) in [5.41, 5.74) is 0.931. The van der Waals surface area contributed by atoms with Crippen molar-refractivity contribution in [1.82, 2.24) is 0 Å². The predicted octanol–water partition coefficient (Wildman–Crippen LogP) is 3.41. The second-order valence-electron chi connectivity index (χ2n) is 3.48. The van der Waals surface area contributed by atoms with Gasteiger partial charge in [-0.3, -0.25) is 4.79 Å². The van der Waals surface area contributed by atoms with Gasteiger partial charge < -0.3 is 10.4 Å². The Bertz CT molecular complexity index is 540. The number of halogens is 1. The highest BCUT2D eigenvalue weighted by Crippen LogP contribution is 2.22. The highest BCUT2D eigenvalue weighted by molar-refractivity contribution is 9.10. The Hall–Kier alpha value is -1.81. The first-order valence-corrected chi connectivity index (χ1v) is 5.81. The van der Waals surface area contributed by atoms with Crippen molar-refractivity contribution in [3.63, 3.8) is 0 Å². The second-order valence-corrected chi connectivity index (χ2v) is 4.40. The van der Waals surface area contributed by atoms with Crippen LogP contribution in [0, 0.1) is 0 Å². The number of benzene rings is 2. The van der Waals surface area contributed by atoms with Gasteiger partial charge in [0.15, 0.2) is 0 Å². The summed E-state index contributed by atoms with van der Waals surface area (Å²) in [5, 5.41) is 12.3. The summed E-state index contributed by atoms with van der Waals surface area (Å²) in [6, 6.07) is 13.8. The number of rotatable bonds is 2. The molecular weight excluding hydrogens is 282 g/mol. The van der Waals surface area contributed by atoms with Crippen molar-refractivity contribution in [2.45, 2.75) is 0 Å². The van der Waals surface area contributed by atoms with Crippen LogP contribution in [-0.4, -0.2) is 11.0 Å². The van der Waals surface area contributed by atoms with Crippen LogP contribution >= 0.6 is 15.9 Å². The highest BCUT2D eigenvalue weighted by atomic mass is 79.9. The first-order chi connectivity index (χ1) is 8.16. The van der Waals surface area contributed by atoms with Crippen molar-refractivity contribution in [3.8, 4) is 5.75 Å². The number of anilines is 1. The van der Waals surface area contributed by atoms with Crippen LogP contribution in [0.15, 0.2) is 53.0 Å².